The maximum Gasteiger partial charge on any atom is 0.254 e. The Hall–Kier alpha value is -2.67. The predicted molar refractivity (Wildman–Crippen MR) is 101 cm³/mol. The van der Waals surface area contributed by atoms with E-state index in [1.807, 2.05) is 12.1 Å². The van der Waals surface area contributed by atoms with Crippen LogP contribution >= 0.6 is 0 Å². The molecule has 0 bridgehead atoms. The Morgan fingerprint density at radius 1 is 1.08 bits per heavy atom. The van der Waals surface area contributed by atoms with E-state index in [1.165, 1.54) is 12.0 Å². The lowest BCUT2D eigenvalue weighted by Crippen LogP contribution is -2.46. The molecule has 2 aliphatic rings. The summed E-state index contributed by atoms with van der Waals surface area (Å²) in [6.45, 7) is 4.28. The third-order valence-electron chi connectivity index (χ3n) is 4.85. The van der Waals surface area contributed by atoms with Crippen molar-refractivity contribution in [2.75, 3.05) is 47.9 Å². The average Bonchev–Trinajstić information content (AvgIpc) is 3.24. The van der Waals surface area contributed by atoms with Gasteiger partial charge in [0.05, 0.1) is 0 Å². The molecular formula is C19H23N5O2. The quantitative estimate of drug-likeness (QED) is 0.906. The predicted octanol–water partition coefficient (Wildman–Crippen LogP) is 1.92. The highest BCUT2D eigenvalue weighted by molar-refractivity contribution is 5.93. The molecule has 4 rings (SSSR count). The van der Waals surface area contributed by atoms with E-state index in [9.17, 15) is 4.79 Å². The van der Waals surface area contributed by atoms with Gasteiger partial charge in [-0.05, 0) is 25.0 Å². The van der Waals surface area contributed by atoms with Gasteiger partial charge in [0.15, 0.2) is 0 Å². The standard InChI is InChI=1S/C19H23N5O2/c25-19(16-7-4-12-26-16)22-17-13-18(21-14-20-17)24-10-8-23(9-11-24)15-5-2-1-3-6-15/h1-3,5-6,13-14,16H,4,7-12H2,(H,20,21,22,25). The molecule has 1 atom stereocenters. The lowest BCUT2D eigenvalue weighted by Gasteiger charge is -2.36. The maximum atomic E-state index is 12.2. The number of hydrogen-bond donors (Lipinski definition) is 1. The molecule has 1 N–H and O–H groups in total. The highest BCUT2D eigenvalue weighted by Crippen LogP contribution is 2.21. The second-order valence-corrected chi connectivity index (χ2v) is 6.56. The summed E-state index contributed by atoms with van der Waals surface area (Å²) >= 11 is 0. The van der Waals surface area contributed by atoms with Crippen LogP contribution in [0, 0.1) is 0 Å². The largest absolute Gasteiger partial charge is 0.368 e. The number of para-hydroxylation sites is 1. The number of hydrogen-bond acceptors (Lipinski definition) is 6. The summed E-state index contributed by atoms with van der Waals surface area (Å²) in [7, 11) is 0. The molecule has 1 aromatic carbocycles. The number of amides is 1. The first kappa shape index (κ1) is 16.8. The van der Waals surface area contributed by atoms with E-state index in [4.69, 9.17) is 4.74 Å². The van der Waals surface area contributed by atoms with Crippen LogP contribution in [0.4, 0.5) is 17.3 Å². The van der Waals surface area contributed by atoms with Crippen LogP contribution in [0.3, 0.4) is 0 Å². The third kappa shape index (κ3) is 3.77. The zero-order chi connectivity index (χ0) is 17.8. The Bertz CT molecular complexity index is 741. The summed E-state index contributed by atoms with van der Waals surface area (Å²) in [6, 6.07) is 12.3. The molecule has 0 spiro atoms. The second kappa shape index (κ2) is 7.70. The molecule has 2 aromatic rings. The normalized spacial score (nSPS) is 20.2. The first-order chi connectivity index (χ1) is 12.8. The number of anilines is 3. The van der Waals surface area contributed by atoms with E-state index in [0.29, 0.717) is 12.4 Å². The van der Waals surface area contributed by atoms with Gasteiger partial charge >= 0.3 is 0 Å². The molecule has 2 fully saturated rings. The Morgan fingerprint density at radius 3 is 2.58 bits per heavy atom. The van der Waals surface area contributed by atoms with E-state index < -0.39 is 0 Å². The van der Waals surface area contributed by atoms with Crippen LogP contribution in [-0.2, 0) is 9.53 Å². The van der Waals surface area contributed by atoms with E-state index in [0.717, 1.165) is 44.8 Å². The van der Waals surface area contributed by atoms with Crippen molar-refractivity contribution in [2.45, 2.75) is 18.9 Å². The van der Waals surface area contributed by atoms with Gasteiger partial charge in [-0.2, -0.15) is 0 Å². The van der Waals surface area contributed by atoms with Gasteiger partial charge < -0.3 is 19.9 Å². The van der Waals surface area contributed by atoms with Crippen molar-refractivity contribution in [1.29, 1.82) is 0 Å². The number of ether oxygens (including phenoxy) is 1. The van der Waals surface area contributed by atoms with Crippen molar-refractivity contribution < 1.29 is 9.53 Å². The van der Waals surface area contributed by atoms with Crippen LogP contribution < -0.4 is 15.1 Å². The van der Waals surface area contributed by atoms with Crippen molar-refractivity contribution in [2.24, 2.45) is 0 Å². The molecule has 2 aliphatic heterocycles. The van der Waals surface area contributed by atoms with Crippen molar-refractivity contribution in [3.05, 3.63) is 42.7 Å². The molecular weight excluding hydrogens is 330 g/mol. The fraction of sp³-hybridized carbons (Fsp3) is 0.421. The first-order valence-electron chi connectivity index (χ1n) is 9.09. The van der Waals surface area contributed by atoms with Gasteiger partial charge in [0.2, 0.25) is 0 Å². The summed E-state index contributed by atoms with van der Waals surface area (Å²) in [5.41, 5.74) is 1.25. The van der Waals surface area contributed by atoms with Crippen LogP contribution in [0.2, 0.25) is 0 Å². The van der Waals surface area contributed by atoms with E-state index in [-0.39, 0.29) is 12.0 Å². The van der Waals surface area contributed by atoms with Crippen LogP contribution in [0.15, 0.2) is 42.7 Å². The van der Waals surface area contributed by atoms with Gasteiger partial charge in [0, 0.05) is 44.5 Å². The molecule has 0 radical (unpaired) electrons. The topological polar surface area (TPSA) is 70.6 Å². The molecule has 1 aromatic heterocycles. The number of nitrogens with zero attached hydrogens (tertiary/aromatic N) is 4. The Kier molecular flexibility index (Phi) is 4.97. The lowest BCUT2D eigenvalue weighted by atomic mass is 10.2. The highest BCUT2D eigenvalue weighted by Gasteiger charge is 2.24. The Labute approximate surface area is 153 Å². The van der Waals surface area contributed by atoms with Gasteiger partial charge in [-0.25, -0.2) is 9.97 Å². The van der Waals surface area contributed by atoms with Crippen molar-refractivity contribution in [3.63, 3.8) is 0 Å². The molecule has 136 valence electrons. The number of aromatic nitrogens is 2. The fourth-order valence-corrected chi connectivity index (χ4v) is 3.41. The molecule has 1 unspecified atom stereocenters. The van der Waals surface area contributed by atoms with E-state index in [1.54, 1.807) is 0 Å². The summed E-state index contributed by atoms with van der Waals surface area (Å²) in [5.74, 6) is 1.25. The summed E-state index contributed by atoms with van der Waals surface area (Å²) in [6.07, 6.45) is 2.84. The molecule has 7 nitrogen and oxygen atoms in total. The average molecular weight is 353 g/mol. The van der Waals surface area contributed by atoms with E-state index in [2.05, 4.69) is 49.4 Å². The number of benzene rings is 1. The number of carbonyl (C=O) groups excluding carboxylic acids is 1. The number of rotatable bonds is 4. The number of piperazine rings is 1. The molecule has 0 saturated carbocycles. The number of carbonyl (C=O) groups is 1. The maximum absolute atomic E-state index is 12.2. The van der Waals surface area contributed by atoms with Gasteiger partial charge in [0.1, 0.15) is 24.1 Å². The smallest absolute Gasteiger partial charge is 0.254 e. The summed E-state index contributed by atoms with van der Waals surface area (Å²) < 4.78 is 5.42. The van der Waals surface area contributed by atoms with Crippen LogP contribution in [-0.4, -0.2) is 54.8 Å². The van der Waals surface area contributed by atoms with Gasteiger partial charge in [-0.1, -0.05) is 18.2 Å². The molecule has 1 amide bonds. The molecule has 2 saturated heterocycles. The zero-order valence-corrected chi connectivity index (χ0v) is 14.7. The molecule has 3 heterocycles. The summed E-state index contributed by atoms with van der Waals surface area (Å²) in [4.78, 5) is 25.3. The fourth-order valence-electron chi connectivity index (χ4n) is 3.41. The zero-order valence-electron chi connectivity index (χ0n) is 14.7. The molecule has 7 heteroatoms. The Balaban J connectivity index is 1.37. The monoisotopic (exact) mass is 353 g/mol. The minimum absolute atomic E-state index is 0.124. The van der Waals surface area contributed by atoms with E-state index >= 15 is 0 Å². The van der Waals surface area contributed by atoms with Crippen molar-refractivity contribution >= 4 is 23.2 Å². The van der Waals surface area contributed by atoms with Crippen LogP contribution in [0.1, 0.15) is 12.8 Å². The molecule has 0 aliphatic carbocycles. The third-order valence-corrected chi connectivity index (χ3v) is 4.85. The molecule has 26 heavy (non-hydrogen) atoms. The van der Waals surface area contributed by atoms with Crippen LogP contribution in [0.5, 0.6) is 0 Å². The lowest BCUT2D eigenvalue weighted by molar-refractivity contribution is -0.124. The number of nitrogens with one attached hydrogen (secondary N) is 1. The second-order valence-electron chi connectivity index (χ2n) is 6.56. The van der Waals surface area contributed by atoms with Gasteiger partial charge in [0.25, 0.3) is 5.91 Å². The van der Waals surface area contributed by atoms with Crippen molar-refractivity contribution in [3.8, 4) is 0 Å². The first-order valence-corrected chi connectivity index (χ1v) is 9.09. The van der Waals surface area contributed by atoms with Gasteiger partial charge in [-0.15, -0.1) is 0 Å². The highest BCUT2D eigenvalue weighted by atomic mass is 16.5. The minimum Gasteiger partial charge on any atom is -0.368 e. The Morgan fingerprint density at radius 2 is 1.85 bits per heavy atom. The SMILES string of the molecule is O=C(Nc1cc(N2CCN(c3ccccc3)CC2)ncn1)C1CCCO1. The van der Waals surface area contributed by atoms with Crippen LogP contribution in [0.25, 0.3) is 0 Å². The van der Waals surface area contributed by atoms with Gasteiger partial charge in [-0.3, -0.25) is 4.79 Å². The summed E-state index contributed by atoms with van der Waals surface area (Å²) in [5, 5.41) is 2.85. The minimum atomic E-state index is -0.358. The van der Waals surface area contributed by atoms with Crippen molar-refractivity contribution in [1.82, 2.24) is 9.97 Å².